The van der Waals surface area contributed by atoms with Crippen molar-refractivity contribution in [3.8, 4) is 0 Å². The molecule has 1 heterocycles. The van der Waals surface area contributed by atoms with Gasteiger partial charge < -0.3 is 22.5 Å². The zero-order chi connectivity index (χ0) is 14.8. The van der Waals surface area contributed by atoms with Crippen LogP contribution in [0.2, 0.25) is 0 Å². The summed E-state index contributed by atoms with van der Waals surface area (Å²) < 4.78 is 16.0. The predicted octanol–water partition coefficient (Wildman–Crippen LogP) is -0.312. The molecule has 0 aliphatic rings. The first-order chi connectivity index (χ1) is 9.01. The number of aromatic nitrogens is 2. The largest absolute Gasteiger partial charge is 0.518 e. The number of amides is 3. The molecule has 1 rings (SSSR count). The van der Waals surface area contributed by atoms with Crippen molar-refractivity contribution in [2.45, 2.75) is 6.92 Å². The van der Waals surface area contributed by atoms with Gasteiger partial charge in [-0.3, -0.25) is 20.9 Å². The Labute approximate surface area is 144 Å². The number of aryl methyl sites for hydroxylation is 1. The number of halogens is 2. The minimum atomic E-state index is -0.663. The van der Waals surface area contributed by atoms with E-state index < -0.39 is 6.03 Å². The number of urea groups is 1. The molecule has 0 aliphatic heterocycles. The van der Waals surface area contributed by atoms with Crippen LogP contribution in [0.1, 0.15) is 5.69 Å². The molecule has 9 nitrogen and oxygen atoms in total. The number of hydrogen-bond acceptors (Lipinski definition) is 5. The fourth-order valence-electron chi connectivity index (χ4n) is 0.979. The Morgan fingerprint density at radius 1 is 1.57 bits per heavy atom. The minimum Gasteiger partial charge on any atom is -0.518 e. The zero-order valence-corrected chi connectivity index (χ0v) is 14.2. The quantitative estimate of drug-likeness (QED) is 0.142. The van der Waals surface area contributed by atoms with Crippen molar-refractivity contribution in [1.29, 1.82) is 0 Å². The van der Waals surface area contributed by atoms with E-state index in [-0.39, 0.29) is 58.3 Å². The van der Waals surface area contributed by atoms with Crippen LogP contribution >= 0.6 is 0 Å². The molecule has 117 valence electrons. The number of H-pyrrole nitrogens is 1. The van der Waals surface area contributed by atoms with Gasteiger partial charge in [0.25, 0.3) is 5.56 Å². The second-order valence-electron chi connectivity index (χ2n) is 3.09. The van der Waals surface area contributed by atoms with E-state index in [4.69, 9.17) is 15.0 Å². The van der Waals surface area contributed by atoms with E-state index in [2.05, 4.69) is 20.6 Å². The molecule has 0 saturated carbocycles. The van der Waals surface area contributed by atoms with Gasteiger partial charge in [-0.25, -0.2) is 9.78 Å². The molecule has 0 aromatic carbocycles. The Hall–Kier alpha value is -1.46. The van der Waals surface area contributed by atoms with Gasteiger partial charge in [0, 0.05) is 53.6 Å². The first-order valence-electron chi connectivity index (χ1n) is 4.68. The monoisotopic (exact) mass is 381 g/mol. The molecule has 1 aromatic heterocycles. The summed E-state index contributed by atoms with van der Waals surface area (Å²) in [6, 6.07) is 0.621. The van der Waals surface area contributed by atoms with E-state index in [1.165, 1.54) is 12.5 Å². The third-order valence-electron chi connectivity index (χ3n) is 1.63. The molecule has 5 N–H and O–H groups in total. The number of rotatable bonds is 4. The molecule has 0 bridgehead atoms. The SMILES string of the molecule is Cc1cc(=O)[nH]c(NC(=O)NCN(N)[C-]=O)n1.FF.[CH3-].[Y]. The van der Waals surface area contributed by atoms with Crippen LogP contribution in [0.3, 0.4) is 0 Å². The smallest absolute Gasteiger partial charge is 0.322 e. The van der Waals surface area contributed by atoms with E-state index in [0.29, 0.717) is 10.7 Å². The number of nitrogens with one attached hydrogen (secondary N) is 3. The summed E-state index contributed by atoms with van der Waals surface area (Å²) in [7, 11) is 0. The number of nitrogens with zero attached hydrogens (tertiary/aromatic N) is 2. The first-order valence-corrected chi connectivity index (χ1v) is 4.68. The second kappa shape index (κ2) is 13.5. The summed E-state index contributed by atoms with van der Waals surface area (Å²) in [5, 5.41) is 5.14. The van der Waals surface area contributed by atoms with Crippen LogP contribution < -0.4 is 22.0 Å². The molecule has 0 fully saturated rings. The van der Waals surface area contributed by atoms with E-state index >= 15 is 0 Å². The van der Waals surface area contributed by atoms with Crippen molar-refractivity contribution in [3.05, 3.63) is 29.5 Å². The number of aromatic amines is 1. The third-order valence-corrected chi connectivity index (χ3v) is 1.63. The number of nitrogens with two attached hydrogens (primary N) is 1. The maximum absolute atomic E-state index is 11.3. The summed E-state index contributed by atoms with van der Waals surface area (Å²) in [4.78, 5) is 38.5. The summed E-state index contributed by atoms with van der Waals surface area (Å²) in [5.74, 6) is 5.06. The van der Waals surface area contributed by atoms with Gasteiger partial charge in [-0.1, -0.05) is 0 Å². The summed E-state index contributed by atoms with van der Waals surface area (Å²) >= 11 is 0. The van der Waals surface area contributed by atoms with Crippen molar-refractivity contribution in [1.82, 2.24) is 20.3 Å². The molecule has 12 heteroatoms. The van der Waals surface area contributed by atoms with Crippen molar-refractivity contribution < 1.29 is 51.4 Å². The molecular weight excluding hydrogens is 367 g/mol. The van der Waals surface area contributed by atoms with E-state index in [1.54, 1.807) is 6.92 Å². The zero-order valence-electron chi connectivity index (χ0n) is 11.3. The summed E-state index contributed by atoms with van der Waals surface area (Å²) in [6.07, 6.45) is 1.35. The van der Waals surface area contributed by atoms with E-state index in [9.17, 15) is 14.4 Å². The first kappa shape index (κ1) is 24.6. The van der Waals surface area contributed by atoms with Crippen LogP contribution in [0.4, 0.5) is 19.9 Å². The van der Waals surface area contributed by atoms with Crippen LogP contribution in [0.5, 0.6) is 0 Å². The summed E-state index contributed by atoms with van der Waals surface area (Å²) in [6.45, 7) is 1.40. The van der Waals surface area contributed by atoms with E-state index in [1.807, 2.05) is 0 Å². The van der Waals surface area contributed by atoms with Crippen molar-refractivity contribution >= 4 is 18.4 Å². The second-order valence-corrected chi connectivity index (χ2v) is 3.09. The van der Waals surface area contributed by atoms with Crippen LogP contribution in [-0.4, -0.2) is 34.1 Å². The Morgan fingerprint density at radius 3 is 2.62 bits per heavy atom. The molecule has 3 amide bonds. The number of anilines is 1. The predicted molar refractivity (Wildman–Crippen MR) is 67.0 cm³/mol. The van der Waals surface area contributed by atoms with E-state index in [0.717, 1.165) is 0 Å². The Morgan fingerprint density at radius 2 is 2.14 bits per heavy atom. The molecule has 0 atom stereocenters. The number of carbonyl (C=O) groups excluding carboxylic acids is 2. The molecule has 1 aromatic rings. The van der Waals surface area contributed by atoms with Gasteiger partial charge in [0.05, 0.1) is 6.67 Å². The molecule has 0 saturated heterocycles. The molecule has 0 aliphatic carbocycles. The molecule has 1 radical (unpaired) electrons. The maximum atomic E-state index is 11.3. The standard InChI is InChI=1S/C8H11N6O3.CH3.F2.Y/c1-5-2-6(16)12-7(11-5)13-8(17)10-3-14(9)4-15;;1-2;/h2H,3,9H2,1H3,(H3,10,11,12,13,16,17);1H3;;/q2*-1;;. The normalized spacial score (nSPS) is 8.00. The number of carbonyl (C=O) groups is 1. The Kier molecular flexibility index (Phi) is 15.8. The van der Waals surface area contributed by atoms with Gasteiger partial charge in [-0.15, -0.1) is 6.41 Å². The number of hydrazine groups is 1. The van der Waals surface area contributed by atoms with Crippen LogP contribution in [0.15, 0.2) is 10.9 Å². The molecular formula is C9H14F2N6O3Y-2. The average Bonchev–Trinajstić information content (AvgIpc) is 2.37. The van der Waals surface area contributed by atoms with Crippen molar-refractivity contribution in [2.24, 2.45) is 5.84 Å². The third kappa shape index (κ3) is 10.9. The average molecular weight is 381 g/mol. The minimum absolute atomic E-state index is 0. The van der Waals surface area contributed by atoms with Crippen molar-refractivity contribution in [2.75, 3.05) is 12.0 Å². The number of hydrogen-bond donors (Lipinski definition) is 4. The van der Waals surface area contributed by atoms with Gasteiger partial charge in [0.2, 0.25) is 5.95 Å². The van der Waals surface area contributed by atoms with Crippen LogP contribution in [0.25, 0.3) is 0 Å². The van der Waals surface area contributed by atoms with Crippen molar-refractivity contribution in [3.63, 3.8) is 0 Å². The Bertz CT molecular complexity index is 487. The molecule has 21 heavy (non-hydrogen) atoms. The van der Waals surface area contributed by atoms with Crippen LogP contribution in [0, 0.1) is 14.4 Å². The Balaban J connectivity index is -0.000000774. The summed E-state index contributed by atoms with van der Waals surface area (Å²) in [5.41, 5.74) is 0.0835. The van der Waals surface area contributed by atoms with Gasteiger partial charge in [0.15, 0.2) is 0 Å². The maximum Gasteiger partial charge on any atom is 0.322 e. The fourth-order valence-corrected chi connectivity index (χ4v) is 0.979. The molecule has 0 unspecified atom stereocenters. The van der Waals surface area contributed by atoms with Gasteiger partial charge in [-0.05, 0) is 6.92 Å². The van der Waals surface area contributed by atoms with Gasteiger partial charge >= 0.3 is 6.03 Å². The van der Waals surface area contributed by atoms with Gasteiger partial charge in [0.1, 0.15) is 0 Å². The van der Waals surface area contributed by atoms with Gasteiger partial charge in [-0.2, -0.15) is 0 Å². The fraction of sp³-hybridized carbons (Fsp3) is 0.222. The molecule has 0 spiro atoms. The topological polar surface area (TPSA) is 133 Å². The van der Waals surface area contributed by atoms with Crippen LogP contribution in [-0.2, 0) is 37.5 Å².